The normalized spacial score (nSPS) is 10.4. The van der Waals surface area contributed by atoms with Gasteiger partial charge < -0.3 is 5.73 Å². The Hall–Kier alpha value is -1.80. The maximum Gasteiger partial charge on any atom is 0.293 e. The third-order valence-electron chi connectivity index (χ3n) is 1.85. The van der Waals surface area contributed by atoms with E-state index >= 15 is 0 Å². The minimum absolute atomic E-state index is 0.0811. The zero-order valence-corrected chi connectivity index (χ0v) is 10.6. The molecule has 5 heteroatoms. The van der Waals surface area contributed by atoms with Gasteiger partial charge in [0.15, 0.2) is 0 Å². The Kier molecular flexibility index (Phi) is 3.35. The van der Waals surface area contributed by atoms with Crippen LogP contribution in [0.15, 0.2) is 18.2 Å². The lowest BCUT2D eigenvalue weighted by Gasteiger charge is -2.04. The van der Waals surface area contributed by atoms with Crippen molar-refractivity contribution in [3.63, 3.8) is 0 Å². The maximum atomic E-state index is 10.7. The fraction of sp³-hybridized carbons (Fsp3) is 0.273. The lowest BCUT2D eigenvalue weighted by atomic mass is 10.1. The quantitative estimate of drug-likeness (QED) is 0.267. The van der Waals surface area contributed by atoms with Crippen LogP contribution in [0, 0.1) is 21.6 Å². The first-order valence-electron chi connectivity index (χ1n) is 4.87. The third kappa shape index (κ3) is 3.10. The Morgan fingerprint density at radius 2 is 2.00 bits per heavy atom. The molecule has 16 heavy (non-hydrogen) atoms. The number of para-hydroxylation sites is 1. The van der Waals surface area contributed by atoms with E-state index in [1.807, 2.05) is 0 Å². The van der Waals surface area contributed by atoms with Crippen LogP contribution in [-0.4, -0.2) is 13.0 Å². The molecule has 0 bridgehead atoms. The summed E-state index contributed by atoms with van der Waals surface area (Å²) < 4.78 is 0. The van der Waals surface area contributed by atoms with Gasteiger partial charge >= 0.3 is 0 Å². The third-order valence-corrected chi connectivity index (χ3v) is 2.73. The lowest BCUT2D eigenvalue weighted by Crippen LogP contribution is -2.16. The average molecular weight is 234 g/mol. The summed E-state index contributed by atoms with van der Waals surface area (Å²) in [7, 11) is -1.49. The van der Waals surface area contributed by atoms with Gasteiger partial charge in [0.05, 0.1) is 10.5 Å². The molecule has 4 nitrogen and oxygen atoms in total. The van der Waals surface area contributed by atoms with E-state index in [0.717, 1.165) is 0 Å². The number of benzene rings is 1. The first kappa shape index (κ1) is 12.3. The summed E-state index contributed by atoms with van der Waals surface area (Å²) in [5.74, 6) is 2.93. The molecular weight excluding hydrogens is 220 g/mol. The highest BCUT2D eigenvalue weighted by Crippen LogP contribution is 2.23. The molecule has 1 rings (SSSR count). The van der Waals surface area contributed by atoms with Gasteiger partial charge in [-0.25, -0.2) is 0 Å². The summed E-state index contributed by atoms with van der Waals surface area (Å²) in [5.41, 5.74) is 9.42. The second-order valence-electron chi connectivity index (χ2n) is 4.50. The van der Waals surface area contributed by atoms with Gasteiger partial charge in [-0.15, -0.1) is 5.54 Å². The smallest absolute Gasteiger partial charge is 0.293 e. The fourth-order valence-corrected chi connectivity index (χ4v) is 1.59. The van der Waals surface area contributed by atoms with Crippen LogP contribution in [0.2, 0.25) is 19.6 Å². The summed E-state index contributed by atoms with van der Waals surface area (Å²) in [4.78, 5) is 10.2. The predicted octanol–water partition coefficient (Wildman–Crippen LogP) is 2.41. The highest BCUT2D eigenvalue weighted by atomic mass is 28.3. The number of nitrogens with zero attached hydrogens (tertiary/aromatic N) is 1. The molecule has 84 valence electrons. The van der Waals surface area contributed by atoms with Crippen molar-refractivity contribution in [3.05, 3.63) is 33.9 Å². The Morgan fingerprint density at radius 1 is 1.38 bits per heavy atom. The Labute approximate surface area is 95.6 Å². The van der Waals surface area contributed by atoms with Crippen molar-refractivity contribution in [2.75, 3.05) is 5.73 Å². The van der Waals surface area contributed by atoms with Crippen LogP contribution in [0.25, 0.3) is 0 Å². The number of anilines is 1. The van der Waals surface area contributed by atoms with Crippen LogP contribution in [0.3, 0.4) is 0 Å². The minimum Gasteiger partial charge on any atom is -0.392 e. The predicted molar refractivity (Wildman–Crippen MR) is 67.7 cm³/mol. The molecule has 0 amide bonds. The van der Waals surface area contributed by atoms with E-state index in [2.05, 4.69) is 31.1 Å². The van der Waals surface area contributed by atoms with E-state index in [4.69, 9.17) is 5.73 Å². The molecule has 1 aromatic carbocycles. The minimum atomic E-state index is -1.49. The molecule has 0 fully saturated rings. The van der Waals surface area contributed by atoms with Crippen molar-refractivity contribution >= 4 is 19.4 Å². The van der Waals surface area contributed by atoms with Crippen molar-refractivity contribution in [3.8, 4) is 11.5 Å². The molecule has 0 unspecified atom stereocenters. The highest BCUT2D eigenvalue weighted by Gasteiger charge is 2.13. The Morgan fingerprint density at radius 3 is 2.50 bits per heavy atom. The van der Waals surface area contributed by atoms with E-state index in [1.165, 1.54) is 6.07 Å². The average Bonchev–Trinajstić information content (AvgIpc) is 2.14. The van der Waals surface area contributed by atoms with Crippen molar-refractivity contribution in [2.45, 2.75) is 19.6 Å². The van der Waals surface area contributed by atoms with Crippen LogP contribution in [0.5, 0.6) is 0 Å². The summed E-state index contributed by atoms with van der Waals surface area (Å²) >= 11 is 0. The largest absolute Gasteiger partial charge is 0.392 e. The number of nitrogen functional groups attached to an aromatic ring is 1. The van der Waals surface area contributed by atoms with Gasteiger partial charge in [-0.05, 0) is 6.07 Å². The van der Waals surface area contributed by atoms with Crippen LogP contribution in [-0.2, 0) is 0 Å². The van der Waals surface area contributed by atoms with E-state index in [0.29, 0.717) is 5.56 Å². The number of nitro benzene ring substituents is 1. The molecule has 0 aliphatic carbocycles. The molecule has 0 radical (unpaired) electrons. The summed E-state index contributed by atoms with van der Waals surface area (Å²) in [6.07, 6.45) is 0. The molecule has 0 aliphatic rings. The Bertz CT molecular complexity index is 481. The molecule has 2 N–H and O–H groups in total. The number of hydrogen-bond acceptors (Lipinski definition) is 3. The van der Waals surface area contributed by atoms with Gasteiger partial charge in [0, 0.05) is 6.07 Å². The molecular formula is C11H14N2O2Si. The first-order chi connectivity index (χ1) is 7.31. The van der Waals surface area contributed by atoms with E-state index in [9.17, 15) is 10.1 Å². The monoisotopic (exact) mass is 234 g/mol. The second-order valence-corrected chi connectivity index (χ2v) is 9.25. The molecule has 0 atom stereocenters. The van der Waals surface area contributed by atoms with Gasteiger partial charge in [-0.1, -0.05) is 31.6 Å². The summed E-state index contributed by atoms with van der Waals surface area (Å²) in [6, 6.07) is 4.69. The summed E-state index contributed by atoms with van der Waals surface area (Å²) in [6.45, 7) is 6.31. The zero-order valence-electron chi connectivity index (χ0n) is 9.57. The number of hydrogen-bond donors (Lipinski definition) is 1. The van der Waals surface area contributed by atoms with Crippen molar-refractivity contribution in [1.29, 1.82) is 0 Å². The number of nitrogens with two attached hydrogens (primary N) is 1. The molecule has 1 aromatic rings. The molecule has 0 spiro atoms. The first-order valence-corrected chi connectivity index (χ1v) is 8.37. The van der Waals surface area contributed by atoms with Crippen LogP contribution >= 0.6 is 0 Å². The highest BCUT2D eigenvalue weighted by molar-refractivity contribution is 6.83. The molecule has 0 heterocycles. The van der Waals surface area contributed by atoms with E-state index in [1.54, 1.807) is 12.1 Å². The van der Waals surface area contributed by atoms with E-state index < -0.39 is 13.0 Å². The van der Waals surface area contributed by atoms with Crippen molar-refractivity contribution in [2.24, 2.45) is 0 Å². The van der Waals surface area contributed by atoms with Gasteiger partial charge in [0.2, 0.25) is 0 Å². The molecule has 0 saturated carbocycles. The van der Waals surface area contributed by atoms with Crippen LogP contribution in [0.1, 0.15) is 5.56 Å². The Balaban J connectivity index is 3.20. The van der Waals surface area contributed by atoms with Crippen molar-refractivity contribution in [1.82, 2.24) is 0 Å². The number of rotatable bonds is 1. The van der Waals surface area contributed by atoms with Crippen LogP contribution in [0.4, 0.5) is 11.4 Å². The van der Waals surface area contributed by atoms with Crippen LogP contribution < -0.4 is 5.73 Å². The fourth-order valence-electron chi connectivity index (χ4n) is 1.08. The summed E-state index contributed by atoms with van der Waals surface area (Å²) in [5, 5.41) is 10.7. The van der Waals surface area contributed by atoms with Gasteiger partial charge in [0.25, 0.3) is 5.69 Å². The standard InChI is InChI=1S/C11H14N2O2Si/c1-16(2,3)8-7-9-5-4-6-10(11(9)12)13(14)15/h4-6H,12H2,1-3H3. The number of nitro groups is 1. The van der Waals surface area contributed by atoms with Gasteiger partial charge in [-0.3, -0.25) is 10.1 Å². The van der Waals surface area contributed by atoms with Gasteiger partial charge in [-0.2, -0.15) is 0 Å². The molecule has 0 aromatic heterocycles. The molecule has 0 aliphatic heterocycles. The second kappa shape index (κ2) is 4.37. The topological polar surface area (TPSA) is 69.2 Å². The SMILES string of the molecule is C[Si](C)(C)C#Cc1cccc([N+](=O)[O-])c1N. The molecule has 0 saturated heterocycles. The zero-order chi connectivity index (χ0) is 12.3. The van der Waals surface area contributed by atoms with Gasteiger partial charge in [0.1, 0.15) is 13.8 Å². The maximum absolute atomic E-state index is 10.7. The lowest BCUT2D eigenvalue weighted by molar-refractivity contribution is -0.383. The van der Waals surface area contributed by atoms with E-state index in [-0.39, 0.29) is 11.4 Å². The van der Waals surface area contributed by atoms with Crippen molar-refractivity contribution < 1.29 is 4.92 Å².